The summed E-state index contributed by atoms with van der Waals surface area (Å²) in [5.41, 5.74) is 11.5. The van der Waals surface area contributed by atoms with E-state index in [9.17, 15) is 0 Å². The van der Waals surface area contributed by atoms with Crippen molar-refractivity contribution in [2.24, 2.45) is 10.8 Å². The highest BCUT2D eigenvalue weighted by Gasteiger charge is 2.12. The number of rotatable bonds is 4. The van der Waals surface area contributed by atoms with Gasteiger partial charge in [-0.05, 0) is 6.92 Å². The van der Waals surface area contributed by atoms with E-state index < -0.39 is 0 Å². The summed E-state index contributed by atoms with van der Waals surface area (Å²) in [6, 6.07) is 0. The minimum absolute atomic E-state index is 0.678. The quantitative estimate of drug-likeness (QED) is 0.281. The zero-order valence-electron chi connectivity index (χ0n) is 8.46. The Kier molecular flexibility index (Phi) is 4.17. The van der Waals surface area contributed by atoms with Gasteiger partial charge < -0.3 is 5.43 Å². The first kappa shape index (κ1) is 10.8. The highest BCUT2D eigenvalue weighted by molar-refractivity contribution is 5.93. The molecule has 1 heterocycles. The number of nitrogens with one attached hydrogen (secondary N) is 4. The van der Waals surface area contributed by atoms with E-state index in [0.717, 1.165) is 18.9 Å². The molecule has 0 bridgehead atoms. The first-order valence-electron chi connectivity index (χ1n) is 4.59. The van der Waals surface area contributed by atoms with E-state index >= 15 is 0 Å². The van der Waals surface area contributed by atoms with E-state index in [1.54, 1.807) is 11.3 Å². The molecule has 0 saturated carbocycles. The molecule has 7 nitrogen and oxygen atoms in total. The molecule has 0 atom stereocenters. The van der Waals surface area contributed by atoms with Crippen LogP contribution < -0.4 is 27.5 Å². The molecular formula is C7H17N7. The molecule has 0 aromatic heterocycles. The maximum atomic E-state index is 5.30. The number of hydrogen-bond acceptors (Lipinski definition) is 6. The number of amidine groups is 1. The zero-order chi connectivity index (χ0) is 10.4. The maximum Gasteiger partial charge on any atom is 0.141 e. The fourth-order valence-corrected chi connectivity index (χ4v) is 1.03. The van der Waals surface area contributed by atoms with Crippen molar-refractivity contribution in [3.63, 3.8) is 0 Å². The van der Waals surface area contributed by atoms with E-state index in [1.807, 2.05) is 13.8 Å². The third-order valence-corrected chi connectivity index (χ3v) is 1.54. The number of aliphatic imine (C=N–C) groups is 1. The van der Waals surface area contributed by atoms with Crippen LogP contribution in [0.5, 0.6) is 0 Å². The highest BCUT2D eigenvalue weighted by atomic mass is 15.9. The molecule has 0 amide bonds. The second-order valence-corrected chi connectivity index (χ2v) is 2.63. The van der Waals surface area contributed by atoms with E-state index in [2.05, 4.69) is 26.7 Å². The maximum absolute atomic E-state index is 5.30. The van der Waals surface area contributed by atoms with Gasteiger partial charge in [-0.2, -0.15) is 0 Å². The first-order chi connectivity index (χ1) is 6.80. The molecule has 14 heavy (non-hydrogen) atoms. The Morgan fingerprint density at radius 2 is 2.29 bits per heavy atom. The fraction of sp³-hybridized carbons (Fsp3) is 0.571. The molecule has 7 heteroatoms. The van der Waals surface area contributed by atoms with Crippen LogP contribution in [-0.2, 0) is 0 Å². The van der Waals surface area contributed by atoms with Crippen molar-refractivity contribution >= 4 is 5.84 Å². The van der Waals surface area contributed by atoms with Gasteiger partial charge in [0.25, 0.3) is 0 Å². The minimum atomic E-state index is 0.678. The number of hydrogen-bond donors (Lipinski definition) is 5. The van der Waals surface area contributed by atoms with E-state index in [0.29, 0.717) is 5.82 Å². The average molecular weight is 199 g/mol. The lowest BCUT2D eigenvalue weighted by Crippen LogP contribution is -2.62. The summed E-state index contributed by atoms with van der Waals surface area (Å²) in [4.78, 5) is 4.23. The molecule has 0 aromatic carbocycles. The molecule has 6 N–H and O–H groups in total. The van der Waals surface area contributed by atoms with Crippen LogP contribution in [0.2, 0.25) is 0 Å². The summed E-state index contributed by atoms with van der Waals surface area (Å²) in [5.74, 6) is 6.73. The largest absolute Gasteiger partial charge is 0.309 e. The van der Waals surface area contributed by atoms with Crippen LogP contribution >= 0.6 is 0 Å². The average Bonchev–Trinajstić information content (AvgIpc) is 2.18. The lowest BCUT2D eigenvalue weighted by atomic mass is 10.5. The van der Waals surface area contributed by atoms with Crippen LogP contribution in [-0.4, -0.2) is 24.2 Å². The number of nitrogens with two attached hydrogens (primary N) is 1. The Bertz CT molecular complexity index is 234. The van der Waals surface area contributed by atoms with Crippen LogP contribution in [0, 0.1) is 0 Å². The van der Waals surface area contributed by atoms with Crippen LogP contribution in [0.1, 0.15) is 13.8 Å². The molecule has 0 spiro atoms. The smallest absolute Gasteiger partial charge is 0.141 e. The van der Waals surface area contributed by atoms with Gasteiger partial charge in [0.2, 0.25) is 0 Å². The van der Waals surface area contributed by atoms with E-state index in [4.69, 9.17) is 5.84 Å². The van der Waals surface area contributed by atoms with Crippen molar-refractivity contribution in [3.8, 4) is 0 Å². The topological polar surface area (TPSA) is 89.7 Å². The third kappa shape index (κ3) is 2.87. The van der Waals surface area contributed by atoms with Gasteiger partial charge >= 0.3 is 0 Å². The molecule has 1 aliphatic rings. The second-order valence-electron chi connectivity index (χ2n) is 2.63. The van der Waals surface area contributed by atoms with E-state index in [1.165, 1.54) is 0 Å². The van der Waals surface area contributed by atoms with Crippen LogP contribution in [0.4, 0.5) is 0 Å². The van der Waals surface area contributed by atoms with Gasteiger partial charge in [0.05, 0.1) is 0 Å². The molecule has 0 fully saturated rings. The molecule has 1 aliphatic heterocycles. The van der Waals surface area contributed by atoms with Gasteiger partial charge in [-0.3, -0.25) is 15.8 Å². The van der Waals surface area contributed by atoms with Gasteiger partial charge in [0.15, 0.2) is 0 Å². The predicted octanol–water partition coefficient (Wildman–Crippen LogP) is -1.44. The lowest BCUT2D eigenvalue weighted by Gasteiger charge is -2.30. The van der Waals surface area contributed by atoms with E-state index in [-0.39, 0.29) is 0 Å². The van der Waals surface area contributed by atoms with Gasteiger partial charge in [-0.1, -0.05) is 12.2 Å². The Morgan fingerprint density at radius 3 is 2.86 bits per heavy atom. The van der Waals surface area contributed by atoms with Crippen molar-refractivity contribution in [2.45, 2.75) is 13.8 Å². The standard InChI is InChI=1S/C7H17N7/c1-3-9-6-5-7(11-8)13-14(12-6)10-4-2/h5,10-11,13H,3-4,8H2,1-2H3,(H,9,12). The highest BCUT2D eigenvalue weighted by Crippen LogP contribution is 1.92. The van der Waals surface area contributed by atoms with Gasteiger partial charge in [0.1, 0.15) is 11.7 Å². The van der Waals surface area contributed by atoms with Gasteiger partial charge in [-0.25, -0.2) is 11.3 Å². The molecule has 0 radical (unpaired) electrons. The van der Waals surface area contributed by atoms with Crippen LogP contribution in [0.3, 0.4) is 0 Å². The Morgan fingerprint density at radius 1 is 1.50 bits per heavy atom. The Labute approximate surface area is 83.3 Å². The van der Waals surface area contributed by atoms with Crippen molar-refractivity contribution in [2.75, 3.05) is 13.1 Å². The van der Waals surface area contributed by atoms with Crippen molar-refractivity contribution < 1.29 is 0 Å². The minimum Gasteiger partial charge on any atom is -0.309 e. The lowest BCUT2D eigenvalue weighted by molar-refractivity contribution is 0.0917. The third-order valence-electron chi connectivity index (χ3n) is 1.54. The zero-order valence-corrected chi connectivity index (χ0v) is 8.46. The first-order valence-corrected chi connectivity index (χ1v) is 4.59. The van der Waals surface area contributed by atoms with Crippen molar-refractivity contribution in [1.82, 2.24) is 26.9 Å². The SMILES string of the molecule is CCN=C1C=C(NN)NN(NCC)N1. The predicted molar refractivity (Wildman–Crippen MR) is 55.2 cm³/mol. The molecule has 0 aromatic rings. The van der Waals surface area contributed by atoms with Gasteiger partial charge in [-0.15, -0.1) is 0 Å². The van der Waals surface area contributed by atoms with Crippen molar-refractivity contribution in [1.29, 1.82) is 0 Å². The molecule has 0 unspecified atom stereocenters. The number of hydrazine groups is 4. The number of nitrogens with zero attached hydrogens (tertiary/aromatic N) is 2. The summed E-state index contributed by atoms with van der Waals surface area (Å²) in [6.45, 7) is 5.47. The van der Waals surface area contributed by atoms with Crippen molar-refractivity contribution in [3.05, 3.63) is 11.9 Å². The Balaban J connectivity index is 2.66. The Hall–Kier alpha value is -1.31. The summed E-state index contributed by atoms with van der Waals surface area (Å²) in [6.07, 6.45) is 1.79. The summed E-state index contributed by atoms with van der Waals surface area (Å²) in [5, 5.41) is 1.60. The van der Waals surface area contributed by atoms with Crippen LogP contribution in [0.15, 0.2) is 16.9 Å². The van der Waals surface area contributed by atoms with Gasteiger partial charge in [0, 0.05) is 19.2 Å². The molecular weight excluding hydrogens is 182 g/mol. The molecule has 0 saturated heterocycles. The second kappa shape index (κ2) is 5.43. The molecule has 1 rings (SSSR count). The fourth-order valence-electron chi connectivity index (χ4n) is 1.03. The van der Waals surface area contributed by atoms with Crippen LogP contribution in [0.25, 0.3) is 0 Å². The normalized spacial score (nSPS) is 19.9. The molecule has 0 aliphatic carbocycles. The summed E-state index contributed by atoms with van der Waals surface area (Å²) < 4.78 is 0. The summed E-state index contributed by atoms with van der Waals surface area (Å²) in [7, 11) is 0. The monoisotopic (exact) mass is 199 g/mol. The molecule has 80 valence electrons. The summed E-state index contributed by atoms with van der Waals surface area (Å²) >= 11 is 0.